The summed E-state index contributed by atoms with van der Waals surface area (Å²) >= 11 is 0.815. The van der Waals surface area contributed by atoms with Crippen molar-refractivity contribution in [1.82, 2.24) is 4.72 Å². The molecule has 1 saturated carbocycles. The van der Waals surface area contributed by atoms with E-state index in [1.54, 1.807) is 6.92 Å². The summed E-state index contributed by atoms with van der Waals surface area (Å²) in [6.07, 6.45) is 2.98. The molecule has 0 spiro atoms. The predicted molar refractivity (Wildman–Crippen MR) is 82.3 cm³/mol. The maximum absolute atomic E-state index is 12.4. The summed E-state index contributed by atoms with van der Waals surface area (Å²) in [6.45, 7) is 5.83. The zero-order chi connectivity index (χ0) is 15.8. The molecule has 1 aromatic heterocycles. The highest BCUT2D eigenvalue weighted by molar-refractivity contribution is 7.91. The average molecular weight is 331 g/mol. The van der Waals surface area contributed by atoms with Crippen LogP contribution >= 0.6 is 11.3 Å². The third-order valence-corrected chi connectivity index (χ3v) is 7.56. The number of nitrogens with one attached hydrogen (secondary N) is 1. The number of thiophene rings is 1. The Bertz CT molecular complexity index is 635. The molecule has 2 N–H and O–H groups in total. The lowest BCUT2D eigenvalue weighted by molar-refractivity contribution is 0.0701. The molecule has 0 saturated heterocycles. The van der Waals surface area contributed by atoms with Crippen LogP contribution in [0.3, 0.4) is 0 Å². The first-order chi connectivity index (χ1) is 9.72. The van der Waals surface area contributed by atoms with E-state index in [9.17, 15) is 13.2 Å². The Hall–Kier alpha value is -0.920. The summed E-state index contributed by atoms with van der Waals surface area (Å²) in [5.74, 6) is -0.307. The molecule has 1 fully saturated rings. The van der Waals surface area contributed by atoms with E-state index in [-0.39, 0.29) is 21.0 Å². The van der Waals surface area contributed by atoms with Crippen LogP contribution in [0.1, 0.15) is 48.3 Å². The van der Waals surface area contributed by atoms with Gasteiger partial charge < -0.3 is 5.11 Å². The zero-order valence-corrected chi connectivity index (χ0v) is 14.1. The molecule has 21 heavy (non-hydrogen) atoms. The number of aromatic carboxylic acids is 1. The second-order valence-electron chi connectivity index (χ2n) is 5.88. The van der Waals surface area contributed by atoms with Crippen molar-refractivity contribution in [2.24, 2.45) is 11.8 Å². The second kappa shape index (κ2) is 6.06. The molecule has 3 atom stereocenters. The number of hydrogen-bond acceptors (Lipinski definition) is 4. The molecule has 0 bridgehead atoms. The van der Waals surface area contributed by atoms with Crippen molar-refractivity contribution in [2.75, 3.05) is 0 Å². The molecular weight excluding hydrogens is 310 g/mol. The fraction of sp³-hybridized carbons (Fsp3) is 0.643. The number of hydrogen-bond donors (Lipinski definition) is 2. The van der Waals surface area contributed by atoms with Gasteiger partial charge in [-0.1, -0.05) is 26.7 Å². The minimum Gasteiger partial charge on any atom is -0.477 e. The summed E-state index contributed by atoms with van der Waals surface area (Å²) in [4.78, 5) is 11.1. The van der Waals surface area contributed by atoms with Crippen molar-refractivity contribution in [3.05, 3.63) is 16.5 Å². The topological polar surface area (TPSA) is 83.5 Å². The Kier molecular flexibility index (Phi) is 4.75. The molecule has 1 aliphatic rings. The zero-order valence-electron chi connectivity index (χ0n) is 12.4. The summed E-state index contributed by atoms with van der Waals surface area (Å²) in [6, 6.07) is 1.36. The molecular formula is C14H21NO4S2. The van der Waals surface area contributed by atoms with E-state index in [4.69, 9.17) is 5.11 Å². The molecule has 3 unspecified atom stereocenters. The van der Waals surface area contributed by atoms with E-state index in [0.29, 0.717) is 11.5 Å². The van der Waals surface area contributed by atoms with Crippen LogP contribution in [0.5, 0.6) is 0 Å². The quantitative estimate of drug-likeness (QED) is 0.888. The third-order valence-electron chi connectivity index (χ3n) is 4.37. The summed E-state index contributed by atoms with van der Waals surface area (Å²) in [5, 5.41) is 9.04. The second-order valence-corrected chi connectivity index (χ2v) is 8.87. The van der Waals surface area contributed by atoms with Crippen LogP contribution in [-0.4, -0.2) is 25.5 Å². The van der Waals surface area contributed by atoms with Crippen LogP contribution in [-0.2, 0) is 10.0 Å². The molecule has 7 heteroatoms. The highest BCUT2D eigenvalue weighted by Gasteiger charge is 2.32. The molecule has 5 nitrogen and oxygen atoms in total. The van der Waals surface area contributed by atoms with Crippen molar-refractivity contribution >= 4 is 27.3 Å². The largest absolute Gasteiger partial charge is 0.477 e. The maximum Gasteiger partial charge on any atom is 0.346 e. The third kappa shape index (κ3) is 3.46. The van der Waals surface area contributed by atoms with Crippen LogP contribution < -0.4 is 4.72 Å². The van der Waals surface area contributed by atoms with Gasteiger partial charge in [0.1, 0.15) is 9.09 Å². The van der Waals surface area contributed by atoms with Crippen molar-refractivity contribution in [2.45, 2.75) is 50.3 Å². The Morgan fingerprint density at radius 3 is 2.62 bits per heavy atom. The van der Waals surface area contributed by atoms with E-state index in [1.165, 1.54) is 6.07 Å². The van der Waals surface area contributed by atoms with E-state index in [2.05, 4.69) is 18.6 Å². The van der Waals surface area contributed by atoms with Crippen LogP contribution in [0, 0.1) is 18.8 Å². The smallest absolute Gasteiger partial charge is 0.346 e. The van der Waals surface area contributed by atoms with Crippen molar-refractivity contribution in [3.8, 4) is 0 Å². The van der Waals surface area contributed by atoms with E-state index in [1.807, 2.05) is 0 Å². The minimum atomic E-state index is -3.65. The first kappa shape index (κ1) is 16.5. The van der Waals surface area contributed by atoms with Gasteiger partial charge in [-0.15, -0.1) is 11.3 Å². The van der Waals surface area contributed by atoms with Gasteiger partial charge in [0, 0.05) is 6.04 Å². The van der Waals surface area contributed by atoms with Crippen LogP contribution in [0.15, 0.2) is 10.3 Å². The molecule has 1 heterocycles. The highest BCUT2D eigenvalue weighted by atomic mass is 32.2. The molecule has 118 valence electrons. The van der Waals surface area contributed by atoms with Gasteiger partial charge >= 0.3 is 5.97 Å². The highest BCUT2D eigenvalue weighted by Crippen LogP contribution is 2.32. The summed E-state index contributed by atoms with van der Waals surface area (Å²) < 4.78 is 27.7. The SMILES string of the molecule is Cc1cc(S(=O)(=O)NC2CCCC(C)C2C)sc1C(=O)O. The lowest BCUT2D eigenvalue weighted by Gasteiger charge is -2.34. The van der Waals surface area contributed by atoms with Gasteiger partial charge in [0.25, 0.3) is 0 Å². The van der Waals surface area contributed by atoms with Crippen LogP contribution in [0.25, 0.3) is 0 Å². The number of carbonyl (C=O) groups is 1. The fourth-order valence-electron chi connectivity index (χ4n) is 2.80. The van der Waals surface area contributed by atoms with Crippen LogP contribution in [0.2, 0.25) is 0 Å². The van der Waals surface area contributed by atoms with Crippen LogP contribution in [0.4, 0.5) is 0 Å². The number of rotatable bonds is 4. The van der Waals surface area contributed by atoms with Crippen molar-refractivity contribution in [1.29, 1.82) is 0 Å². The molecule has 1 aliphatic carbocycles. The fourth-order valence-corrected chi connectivity index (χ4v) is 5.56. The molecule has 0 amide bonds. The van der Waals surface area contributed by atoms with Crippen molar-refractivity contribution in [3.63, 3.8) is 0 Å². The molecule has 0 aliphatic heterocycles. The number of carboxylic acids is 1. The molecule has 1 aromatic rings. The molecule has 0 radical (unpaired) electrons. The summed E-state index contributed by atoms with van der Waals surface area (Å²) in [5.41, 5.74) is 0.484. The lowest BCUT2D eigenvalue weighted by Crippen LogP contribution is -2.43. The first-order valence-electron chi connectivity index (χ1n) is 7.08. The Morgan fingerprint density at radius 2 is 2.05 bits per heavy atom. The average Bonchev–Trinajstić information content (AvgIpc) is 2.78. The Morgan fingerprint density at radius 1 is 1.38 bits per heavy atom. The van der Waals surface area contributed by atoms with Gasteiger partial charge in [0.15, 0.2) is 0 Å². The Labute approximate surface area is 129 Å². The van der Waals surface area contributed by atoms with Crippen molar-refractivity contribution < 1.29 is 18.3 Å². The summed E-state index contributed by atoms with van der Waals surface area (Å²) in [7, 11) is -3.65. The van der Waals surface area contributed by atoms with Gasteiger partial charge in [-0.25, -0.2) is 17.9 Å². The number of aryl methyl sites for hydroxylation is 1. The van der Waals surface area contributed by atoms with Gasteiger partial charge in [-0.3, -0.25) is 0 Å². The maximum atomic E-state index is 12.4. The van der Waals surface area contributed by atoms with Gasteiger partial charge in [-0.05, 0) is 36.8 Å². The molecule has 0 aromatic carbocycles. The number of sulfonamides is 1. The lowest BCUT2D eigenvalue weighted by atomic mass is 9.78. The number of carboxylic acid groups (broad SMARTS) is 1. The van der Waals surface area contributed by atoms with Gasteiger partial charge in [-0.2, -0.15) is 0 Å². The first-order valence-corrected chi connectivity index (χ1v) is 9.38. The predicted octanol–water partition coefficient (Wildman–Crippen LogP) is 2.86. The van der Waals surface area contributed by atoms with E-state index in [0.717, 1.165) is 30.6 Å². The standard InChI is InChI=1S/C14H21NO4S2/c1-8-5-4-6-11(10(8)3)15-21(18,19)12-7-9(2)13(20-12)14(16)17/h7-8,10-11,15H,4-6H2,1-3H3,(H,16,17). The van der Waals surface area contributed by atoms with E-state index < -0.39 is 16.0 Å². The monoisotopic (exact) mass is 331 g/mol. The Balaban J connectivity index is 2.22. The minimum absolute atomic E-state index is 0.0746. The normalized spacial score (nSPS) is 26.7. The van der Waals surface area contributed by atoms with Gasteiger partial charge in [0.2, 0.25) is 10.0 Å². The van der Waals surface area contributed by atoms with Gasteiger partial charge in [0.05, 0.1) is 0 Å². The van der Waals surface area contributed by atoms with E-state index >= 15 is 0 Å². The molecule has 2 rings (SSSR count).